The van der Waals surface area contributed by atoms with Crippen LogP contribution in [-0.4, -0.2) is 38.7 Å². The fourth-order valence-corrected chi connectivity index (χ4v) is 2.72. The number of amides is 1. The Bertz CT molecular complexity index is 428. The van der Waals surface area contributed by atoms with E-state index in [1.807, 2.05) is 0 Å². The quantitative estimate of drug-likeness (QED) is 0.719. The van der Waals surface area contributed by atoms with Crippen molar-refractivity contribution in [1.82, 2.24) is 10.6 Å². The largest absolute Gasteiger partial charge is 0.500 e. The molecule has 2 aliphatic rings. The van der Waals surface area contributed by atoms with Gasteiger partial charge in [0, 0.05) is 24.0 Å². The molecule has 1 amide bonds. The number of methoxy groups -OCH3 is 1. The molecule has 0 aromatic heterocycles. The Hall–Kier alpha value is -1.04. The first kappa shape index (κ1) is 15.4. The zero-order chi connectivity index (χ0) is 14.5. The molecule has 0 aromatic rings. The van der Waals surface area contributed by atoms with Crippen LogP contribution in [0.15, 0.2) is 22.4 Å². The van der Waals surface area contributed by atoms with Gasteiger partial charge in [0.1, 0.15) is 5.76 Å². The third-order valence-electron chi connectivity index (χ3n) is 3.84. The van der Waals surface area contributed by atoms with Gasteiger partial charge in [-0.25, -0.2) is 0 Å². The van der Waals surface area contributed by atoms with Gasteiger partial charge in [0.05, 0.1) is 12.7 Å². The Morgan fingerprint density at radius 3 is 2.90 bits per heavy atom. The van der Waals surface area contributed by atoms with E-state index in [4.69, 9.17) is 22.1 Å². The van der Waals surface area contributed by atoms with Gasteiger partial charge in [-0.15, -0.1) is 0 Å². The Balaban J connectivity index is 1.96. The Kier molecular flexibility index (Phi) is 5.46. The van der Waals surface area contributed by atoms with Crippen LogP contribution >= 0.6 is 11.6 Å². The van der Waals surface area contributed by atoms with E-state index in [0.717, 1.165) is 25.9 Å². The number of halogens is 1. The molecule has 0 spiro atoms. The monoisotopic (exact) mass is 299 g/mol. The highest BCUT2D eigenvalue weighted by molar-refractivity contribution is 6.31. The van der Waals surface area contributed by atoms with Crippen molar-refractivity contribution in [3.63, 3.8) is 0 Å². The summed E-state index contributed by atoms with van der Waals surface area (Å²) in [4.78, 5) is 12.3. The van der Waals surface area contributed by atoms with Crippen LogP contribution in [0.2, 0.25) is 0 Å². The van der Waals surface area contributed by atoms with Crippen molar-refractivity contribution in [3.05, 3.63) is 22.4 Å². The molecule has 1 atom stereocenters. The summed E-state index contributed by atoms with van der Waals surface area (Å²) in [6.07, 6.45) is 4.27. The standard InChI is InChI=1S/C14H22ClN3O2/c1-20-13-7-12(16)11(15)6-10(13)14(19)18-8-9-2-4-17-5-3-9/h6,9,12,17H,2-5,7-8,16H2,1H3,(H,18,19). The number of carbonyl (C=O) groups excluding carboxylic acids is 1. The number of rotatable bonds is 4. The molecule has 1 heterocycles. The van der Waals surface area contributed by atoms with Crippen molar-refractivity contribution in [2.75, 3.05) is 26.7 Å². The lowest BCUT2D eigenvalue weighted by molar-refractivity contribution is -0.117. The van der Waals surface area contributed by atoms with Gasteiger partial charge in [-0.05, 0) is 37.9 Å². The van der Waals surface area contributed by atoms with E-state index < -0.39 is 0 Å². The molecule has 2 rings (SSSR count). The predicted molar refractivity (Wildman–Crippen MR) is 79.2 cm³/mol. The van der Waals surface area contributed by atoms with Crippen LogP contribution in [0.5, 0.6) is 0 Å². The molecular formula is C14H22ClN3O2. The summed E-state index contributed by atoms with van der Waals surface area (Å²) in [5.74, 6) is 1.01. The minimum atomic E-state index is -0.285. The first-order valence-electron chi connectivity index (χ1n) is 7.00. The first-order chi connectivity index (χ1) is 9.61. The van der Waals surface area contributed by atoms with Gasteiger partial charge in [0.2, 0.25) is 0 Å². The van der Waals surface area contributed by atoms with Gasteiger partial charge in [-0.3, -0.25) is 4.79 Å². The Morgan fingerprint density at radius 1 is 1.55 bits per heavy atom. The molecule has 5 nitrogen and oxygen atoms in total. The summed E-state index contributed by atoms with van der Waals surface area (Å²) < 4.78 is 5.26. The van der Waals surface area contributed by atoms with Crippen LogP contribution in [0.4, 0.5) is 0 Å². The van der Waals surface area contributed by atoms with Crippen LogP contribution in [0.25, 0.3) is 0 Å². The smallest absolute Gasteiger partial charge is 0.254 e. The summed E-state index contributed by atoms with van der Waals surface area (Å²) in [5.41, 5.74) is 6.34. The number of nitrogens with two attached hydrogens (primary N) is 1. The number of hydrogen-bond donors (Lipinski definition) is 3. The number of carbonyl (C=O) groups is 1. The SMILES string of the molecule is COC1=C(C(=O)NCC2CCNCC2)C=C(Cl)C(N)C1. The van der Waals surface area contributed by atoms with Gasteiger partial charge in [-0.2, -0.15) is 0 Å². The predicted octanol–water partition coefficient (Wildman–Crippen LogP) is 0.856. The molecule has 112 valence electrons. The maximum atomic E-state index is 12.3. The Morgan fingerprint density at radius 2 is 2.25 bits per heavy atom. The molecule has 0 radical (unpaired) electrons. The van der Waals surface area contributed by atoms with Gasteiger partial charge >= 0.3 is 0 Å². The third kappa shape index (κ3) is 3.75. The second-order valence-electron chi connectivity index (χ2n) is 5.28. The molecule has 1 fully saturated rings. The number of hydrogen-bond acceptors (Lipinski definition) is 4. The van der Waals surface area contributed by atoms with Crippen molar-refractivity contribution in [2.24, 2.45) is 11.7 Å². The second-order valence-corrected chi connectivity index (χ2v) is 5.72. The minimum Gasteiger partial charge on any atom is -0.500 e. The maximum absolute atomic E-state index is 12.3. The van der Waals surface area contributed by atoms with Crippen molar-refractivity contribution >= 4 is 17.5 Å². The average molecular weight is 300 g/mol. The summed E-state index contributed by atoms with van der Waals surface area (Å²) in [5, 5.41) is 6.78. The van der Waals surface area contributed by atoms with E-state index in [-0.39, 0.29) is 11.9 Å². The minimum absolute atomic E-state index is 0.134. The average Bonchev–Trinajstić information content (AvgIpc) is 2.48. The van der Waals surface area contributed by atoms with Crippen LogP contribution in [-0.2, 0) is 9.53 Å². The summed E-state index contributed by atoms with van der Waals surface area (Å²) in [7, 11) is 1.55. The zero-order valence-corrected chi connectivity index (χ0v) is 12.5. The van der Waals surface area contributed by atoms with Gasteiger partial charge in [0.15, 0.2) is 0 Å². The van der Waals surface area contributed by atoms with Crippen molar-refractivity contribution in [2.45, 2.75) is 25.3 Å². The highest BCUT2D eigenvalue weighted by Crippen LogP contribution is 2.26. The third-order valence-corrected chi connectivity index (χ3v) is 4.23. The van der Waals surface area contributed by atoms with Crippen LogP contribution in [0.1, 0.15) is 19.3 Å². The van der Waals surface area contributed by atoms with Crippen LogP contribution in [0, 0.1) is 5.92 Å². The van der Waals surface area contributed by atoms with Crippen molar-refractivity contribution in [1.29, 1.82) is 0 Å². The van der Waals surface area contributed by atoms with E-state index in [0.29, 0.717) is 35.2 Å². The molecule has 0 bridgehead atoms. The molecule has 6 heteroatoms. The van der Waals surface area contributed by atoms with Crippen LogP contribution in [0.3, 0.4) is 0 Å². The number of ether oxygens (including phenoxy) is 1. The van der Waals surface area contributed by atoms with E-state index in [1.165, 1.54) is 0 Å². The lowest BCUT2D eigenvalue weighted by Crippen LogP contribution is -2.37. The number of piperidine rings is 1. The van der Waals surface area contributed by atoms with E-state index in [2.05, 4.69) is 10.6 Å². The lowest BCUT2D eigenvalue weighted by Gasteiger charge is -2.24. The van der Waals surface area contributed by atoms with Gasteiger partial charge in [0.25, 0.3) is 5.91 Å². The van der Waals surface area contributed by atoms with Crippen LogP contribution < -0.4 is 16.4 Å². The molecule has 1 saturated heterocycles. The molecule has 0 saturated carbocycles. The molecule has 1 aliphatic carbocycles. The summed E-state index contributed by atoms with van der Waals surface area (Å²) >= 11 is 6.04. The maximum Gasteiger partial charge on any atom is 0.254 e. The molecule has 20 heavy (non-hydrogen) atoms. The molecule has 1 aliphatic heterocycles. The summed E-state index contributed by atoms with van der Waals surface area (Å²) in [6.45, 7) is 2.73. The lowest BCUT2D eigenvalue weighted by atomic mass is 9.97. The van der Waals surface area contributed by atoms with Crippen molar-refractivity contribution in [3.8, 4) is 0 Å². The van der Waals surface area contributed by atoms with E-state index >= 15 is 0 Å². The highest BCUT2D eigenvalue weighted by atomic mass is 35.5. The Labute approximate surface area is 124 Å². The molecule has 1 unspecified atom stereocenters. The topological polar surface area (TPSA) is 76.4 Å². The van der Waals surface area contributed by atoms with Gasteiger partial charge < -0.3 is 21.1 Å². The fourth-order valence-electron chi connectivity index (χ4n) is 2.54. The van der Waals surface area contributed by atoms with Gasteiger partial charge in [-0.1, -0.05) is 11.6 Å². The van der Waals surface area contributed by atoms with E-state index in [9.17, 15) is 4.79 Å². The first-order valence-corrected chi connectivity index (χ1v) is 7.38. The molecule has 4 N–H and O–H groups in total. The zero-order valence-electron chi connectivity index (χ0n) is 11.7. The second kappa shape index (κ2) is 7.11. The van der Waals surface area contributed by atoms with Crippen molar-refractivity contribution < 1.29 is 9.53 Å². The highest BCUT2D eigenvalue weighted by Gasteiger charge is 2.24. The van der Waals surface area contributed by atoms with E-state index in [1.54, 1.807) is 13.2 Å². The fraction of sp³-hybridized carbons (Fsp3) is 0.643. The summed E-state index contributed by atoms with van der Waals surface area (Å²) in [6, 6.07) is -0.285. The molecule has 0 aromatic carbocycles. The normalized spacial score (nSPS) is 24.4. The molecular weight excluding hydrogens is 278 g/mol. The number of nitrogens with one attached hydrogen (secondary N) is 2.